The Morgan fingerprint density at radius 3 is 2.70 bits per heavy atom. The van der Waals surface area contributed by atoms with Gasteiger partial charge in [-0.1, -0.05) is 39.0 Å². The molecule has 4 heteroatoms. The number of likely N-dealkylation sites (tertiary alicyclic amines) is 1. The van der Waals surface area contributed by atoms with E-state index in [4.69, 9.17) is 0 Å². The fraction of sp³-hybridized carbons (Fsp3) is 0.632. The second-order valence-corrected chi connectivity index (χ2v) is 7.73. The van der Waals surface area contributed by atoms with E-state index >= 15 is 0 Å². The highest BCUT2D eigenvalue weighted by Gasteiger charge is 2.25. The Hall–Kier alpha value is -1.39. The molecule has 1 aliphatic heterocycles. The molecule has 0 aliphatic carbocycles. The first kappa shape index (κ1) is 18.0. The Bertz CT molecular complexity index is 536. The summed E-state index contributed by atoms with van der Waals surface area (Å²) in [6.45, 7) is 7.82. The van der Waals surface area contributed by atoms with Crippen LogP contribution in [0.15, 0.2) is 24.3 Å². The molecule has 0 bridgehead atoms. The fourth-order valence-corrected chi connectivity index (χ4v) is 2.98. The van der Waals surface area contributed by atoms with Crippen molar-refractivity contribution in [2.24, 2.45) is 5.41 Å². The lowest BCUT2D eigenvalue weighted by molar-refractivity contribution is 0.0632. The molecular formula is C19H30N2O2. The van der Waals surface area contributed by atoms with Crippen LogP contribution >= 0.6 is 0 Å². The Morgan fingerprint density at radius 2 is 2.09 bits per heavy atom. The van der Waals surface area contributed by atoms with Crippen LogP contribution in [-0.4, -0.2) is 48.2 Å². The van der Waals surface area contributed by atoms with Gasteiger partial charge in [-0.2, -0.15) is 0 Å². The smallest absolute Gasteiger partial charge is 0.251 e. The lowest BCUT2D eigenvalue weighted by Gasteiger charge is -2.26. The van der Waals surface area contributed by atoms with E-state index in [1.54, 1.807) is 0 Å². The highest BCUT2D eigenvalue weighted by atomic mass is 16.3. The van der Waals surface area contributed by atoms with E-state index in [9.17, 15) is 9.90 Å². The summed E-state index contributed by atoms with van der Waals surface area (Å²) >= 11 is 0. The van der Waals surface area contributed by atoms with Crippen LogP contribution in [0.3, 0.4) is 0 Å². The summed E-state index contributed by atoms with van der Waals surface area (Å²) in [6.07, 6.45) is 2.36. The Kier molecular flexibility index (Phi) is 5.82. The molecule has 2 N–H and O–H groups in total. The van der Waals surface area contributed by atoms with Crippen molar-refractivity contribution in [2.75, 3.05) is 20.1 Å². The van der Waals surface area contributed by atoms with Crippen molar-refractivity contribution in [3.8, 4) is 0 Å². The van der Waals surface area contributed by atoms with Gasteiger partial charge in [0.05, 0.1) is 6.10 Å². The lowest BCUT2D eigenvalue weighted by atomic mass is 9.84. The van der Waals surface area contributed by atoms with Gasteiger partial charge < -0.3 is 15.3 Å². The van der Waals surface area contributed by atoms with Crippen LogP contribution in [0.2, 0.25) is 0 Å². The molecule has 4 nitrogen and oxygen atoms in total. The quantitative estimate of drug-likeness (QED) is 0.877. The molecule has 0 radical (unpaired) electrons. The van der Waals surface area contributed by atoms with Crippen molar-refractivity contribution >= 4 is 5.91 Å². The summed E-state index contributed by atoms with van der Waals surface area (Å²) < 4.78 is 0. The number of hydrogen-bond acceptors (Lipinski definition) is 3. The van der Waals surface area contributed by atoms with Crippen molar-refractivity contribution in [3.05, 3.63) is 35.4 Å². The Morgan fingerprint density at radius 1 is 1.39 bits per heavy atom. The van der Waals surface area contributed by atoms with E-state index in [0.29, 0.717) is 24.6 Å². The molecule has 1 amide bonds. The molecule has 1 fully saturated rings. The van der Waals surface area contributed by atoms with Crippen molar-refractivity contribution < 1.29 is 9.90 Å². The van der Waals surface area contributed by atoms with Crippen LogP contribution in [0.1, 0.15) is 49.5 Å². The molecule has 2 rings (SSSR count). The molecule has 23 heavy (non-hydrogen) atoms. The van der Waals surface area contributed by atoms with Gasteiger partial charge in [0, 0.05) is 18.2 Å². The number of aliphatic hydroxyl groups is 1. The van der Waals surface area contributed by atoms with Crippen LogP contribution in [0, 0.1) is 5.41 Å². The molecule has 0 saturated carbocycles. The molecule has 0 aromatic heterocycles. The number of nitrogens with zero attached hydrogens (tertiary/aromatic N) is 1. The zero-order chi connectivity index (χ0) is 17.0. The normalized spacial score (nSPS) is 20.5. The van der Waals surface area contributed by atoms with E-state index in [-0.39, 0.29) is 11.3 Å². The third kappa shape index (κ3) is 4.79. The highest BCUT2D eigenvalue weighted by Crippen LogP contribution is 2.24. The third-order valence-corrected chi connectivity index (χ3v) is 4.84. The topological polar surface area (TPSA) is 52.6 Å². The minimum absolute atomic E-state index is 0.0398. The first-order valence-corrected chi connectivity index (χ1v) is 8.53. The predicted octanol–water partition coefficient (Wildman–Crippen LogP) is 2.46. The van der Waals surface area contributed by atoms with Gasteiger partial charge in [0.25, 0.3) is 5.91 Å². The molecule has 0 spiro atoms. The van der Waals surface area contributed by atoms with Gasteiger partial charge in [0.1, 0.15) is 0 Å². The van der Waals surface area contributed by atoms with Gasteiger partial charge >= 0.3 is 0 Å². The summed E-state index contributed by atoms with van der Waals surface area (Å²) in [5.74, 6) is -0.0398. The monoisotopic (exact) mass is 318 g/mol. The van der Waals surface area contributed by atoms with Crippen LogP contribution in [0.25, 0.3) is 0 Å². The van der Waals surface area contributed by atoms with Crippen LogP contribution < -0.4 is 5.32 Å². The van der Waals surface area contributed by atoms with Crippen LogP contribution in [-0.2, 0) is 6.42 Å². The van der Waals surface area contributed by atoms with Gasteiger partial charge in [-0.25, -0.2) is 0 Å². The molecule has 2 atom stereocenters. The molecule has 1 aromatic rings. The second kappa shape index (κ2) is 7.45. The summed E-state index contributed by atoms with van der Waals surface area (Å²) in [5.41, 5.74) is 1.39. The summed E-state index contributed by atoms with van der Waals surface area (Å²) in [6, 6.07) is 8.02. The van der Waals surface area contributed by atoms with Gasteiger partial charge in [-0.05, 0) is 49.9 Å². The largest absolute Gasteiger partial charge is 0.392 e. The van der Waals surface area contributed by atoms with Crippen molar-refractivity contribution in [2.45, 2.75) is 52.2 Å². The van der Waals surface area contributed by atoms with Crippen LogP contribution in [0.4, 0.5) is 0 Å². The Balaban J connectivity index is 2.02. The zero-order valence-electron chi connectivity index (χ0n) is 14.8. The van der Waals surface area contributed by atoms with Gasteiger partial charge in [-0.15, -0.1) is 0 Å². The average Bonchev–Trinajstić information content (AvgIpc) is 2.89. The first-order chi connectivity index (χ1) is 10.8. The van der Waals surface area contributed by atoms with Gasteiger partial charge in [0.2, 0.25) is 0 Å². The number of aliphatic hydroxyl groups excluding tert-OH is 1. The van der Waals surface area contributed by atoms with Crippen molar-refractivity contribution in [3.63, 3.8) is 0 Å². The molecule has 1 aliphatic rings. The van der Waals surface area contributed by atoms with E-state index in [2.05, 4.69) is 17.3 Å². The summed E-state index contributed by atoms with van der Waals surface area (Å²) in [4.78, 5) is 14.8. The van der Waals surface area contributed by atoms with E-state index in [1.165, 1.54) is 6.42 Å². The van der Waals surface area contributed by atoms with Gasteiger partial charge in [-0.3, -0.25) is 4.79 Å². The Labute approximate surface area is 139 Å². The maximum Gasteiger partial charge on any atom is 0.251 e. The third-order valence-electron chi connectivity index (χ3n) is 4.84. The minimum atomic E-state index is -0.475. The fourth-order valence-electron chi connectivity index (χ4n) is 2.98. The summed E-state index contributed by atoms with van der Waals surface area (Å²) in [5, 5.41) is 13.4. The maximum absolute atomic E-state index is 12.5. The van der Waals surface area contributed by atoms with Crippen molar-refractivity contribution in [1.82, 2.24) is 10.2 Å². The first-order valence-electron chi connectivity index (χ1n) is 8.53. The number of hydrogen-bond donors (Lipinski definition) is 2. The standard InChI is InChI=1S/C19H30N2O2/c1-19(2,3)17(22)12-14-8-5-6-10-16(14)18(23)20-13-15-9-7-11-21(15)4/h5-6,8,10,15,17,22H,7,9,11-13H2,1-4H3,(H,20,23). The number of amides is 1. The second-order valence-electron chi connectivity index (χ2n) is 7.73. The molecule has 128 valence electrons. The maximum atomic E-state index is 12.5. The van der Waals surface area contributed by atoms with E-state index in [0.717, 1.165) is 18.5 Å². The van der Waals surface area contributed by atoms with E-state index < -0.39 is 6.10 Å². The van der Waals surface area contributed by atoms with Crippen molar-refractivity contribution in [1.29, 1.82) is 0 Å². The number of benzene rings is 1. The SMILES string of the molecule is CN1CCCC1CNC(=O)c1ccccc1CC(O)C(C)(C)C. The molecule has 1 aromatic carbocycles. The van der Waals surface area contributed by atoms with Crippen LogP contribution in [0.5, 0.6) is 0 Å². The number of likely N-dealkylation sites (N-methyl/N-ethyl adjacent to an activating group) is 1. The number of carbonyl (C=O) groups excluding carboxylic acids is 1. The summed E-state index contributed by atoms with van der Waals surface area (Å²) in [7, 11) is 2.11. The zero-order valence-corrected chi connectivity index (χ0v) is 14.8. The molecule has 1 saturated heterocycles. The number of carbonyl (C=O) groups is 1. The number of rotatable bonds is 5. The molecule has 1 heterocycles. The highest BCUT2D eigenvalue weighted by molar-refractivity contribution is 5.95. The molecular weight excluding hydrogens is 288 g/mol. The molecule has 2 unspecified atom stereocenters. The predicted molar refractivity (Wildman–Crippen MR) is 93.6 cm³/mol. The minimum Gasteiger partial charge on any atom is -0.392 e. The van der Waals surface area contributed by atoms with E-state index in [1.807, 2.05) is 45.0 Å². The number of nitrogens with one attached hydrogen (secondary N) is 1. The average molecular weight is 318 g/mol. The van der Waals surface area contributed by atoms with Gasteiger partial charge in [0.15, 0.2) is 0 Å². The lowest BCUT2D eigenvalue weighted by Crippen LogP contribution is -2.38.